The van der Waals surface area contributed by atoms with Crippen molar-refractivity contribution in [2.45, 2.75) is 92.4 Å². The normalized spacial score (nSPS) is 24.9. The standard InChI is InChI=1S/C23H38O/c1-6-9-12-14-17-21-19(4)20(16-11-8-3)22(24)23(21,5)18-15-13-10-7-2/h9-10,12-13,21H,6-8,11,14-18H2,1-5H3/b12-9-,13-10-. The number of unbranched alkanes of at least 4 members (excludes halogenated alkanes) is 1. The first kappa shape index (κ1) is 20.9. The Hall–Kier alpha value is -1.11. The van der Waals surface area contributed by atoms with Crippen molar-refractivity contribution in [1.29, 1.82) is 0 Å². The largest absolute Gasteiger partial charge is 0.294 e. The molecule has 0 saturated heterocycles. The quantitative estimate of drug-likeness (QED) is 0.366. The fourth-order valence-electron chi connectivity index (χ4n) is 4.07. The lowest BCUT2D eigenvalue weighted by molar-refractivity contribution is -0.125. The van der Waals surface area contributed by atoms with E-state index in [-0.39, 0.29) is 5.41 Å². The molecule has 1 nitrogen and oxygen atoms in total. The molecule has 0 aliphatic heterocycles. The van der Waals surface area contributed by atoms with Crippen LogP contribution in [0.25, 0.3) is 0 Å². The Bertz CT molecular complexity index is 480. The molecule has 0 bridgehead atoms. The van der Waals surface area contributed by atoms with E-state index in [0.717, 1.165) is 63.4 Å². The summed E-state index contributed by atoms with van der Waals surface area (Å²) in [5, 5.41) is 0. The van der Waals surface area contributed by atoms with Gasteiger partial charge in [0.15, 0.2) is 5.78 Å². The molecule has 0 spiro atoms. The number of allylic oxidation sites excluding steroid dienone is 6. The summed E-state index contributed by atoms with van der Waals surface area (Å²) in [5.41, 5.74) is 2.36. The zero-order valence-electron chi connectivity index (χ0n) is 16.7. The average Bonchev–Trinajstić information content (AvgIpc) is 2.74. The number of Topliss-reactive ketones (excluding diaryl/α,β-unsaturated/α-hetero) is 1. The van der Waals surface area contributed by atoms with Crippen LogP contribution in [0.15, 0.2) is 35.5 Å². The van der Waals surface area contributed by atoms with Gasteiger partial charge in [0.2, 0.25) is 0 Å². The van der Waals surface area contributed by atoms with Crippen molar-refractivity contribution in [2.75, 3.05) is 0 Å². The smallest absolute Gasteiger partial charge is 0.165 e. The van der Waals surface area contributed by atoms with Crippen molar-refractivity contribution in [2.24, 2.45) is 11.3 Å². The summed E-state index contributed by atoms with van der Waals surface area (Å²) in [4.78, 5) is 13.2. The van der Waals surface area contributed by atoms with Crippen LogP contribution in [-0.2, 0) is 4.79 Å². The topological polar surface area (TPSA) is 17.1 Å². The van der Waals surface area contributed by atoms with Gasteiger partial charge in [-0.25, -0.2) is 0 Å². The molecule has 0 saturated carbocycles. The molecule has 0 fully saturated rings. The molecule has 2 unspecified atom stereocenters. The van der Waals surface area contributed by atoms with Gasteiger partial charge in [0, 0.05) is 5.41 Å². The summed E-state index contributed by atoms with van der Waals surface area (Å²) in [7, 11) is 0. The summed E-state index contributed by atoms with van der Waals surface area (Å²) >= 11 is 0. The maximum atomic E-state index is 13.2. The third-order valence-corrected chi connectivity index (χ3v) is 5.60. The highest BCUT2D eigenvalue weighted by Gasteiger charge is 2.47. The molecule has 0 aromatic rings. The van der Waals surface area contributed by atoms with E-state index in [1.54, 1.807) is 0 Å². The number of rotatable bonds is 11. The molecule has 1 aliphatic carbocycles. The van der Waals surface area contributed by atoms with Gasteiger partial charge in [-0.1, -0.05) is 64.0 Å². The first-order valence-corrected chi connectivity index (χ1v) is 10.1. The number of carbonyl (C=O) groups excluding carboxylic acids is 1. The molecule has 0 aromatic carbocycles. The molecule has 1 aliphatic rings. The van der Waals surface area contributed by atoms with Crippen LogP contribution in [0.5, 0.6) is 0 Å². The Morgan fingerprint density at radius 3 is 2.21 bits per heavy atom. The fraction of sp³-hybridized carbons (Fsp3) is 0.696. The molecule has 0 aromatic heterocycles. The third-order valence-electron chi connectivity index (χ3n) is 5.60. The van der Waals surface area contributed by atoms with Crippen molar-refractivity contribution in [1.82, 2.24) is 0 Å². The second-order valence-electron chi connectivity index (χ2n) is 7.44. The highest BCUT2D eigenvalue weighted by Crippen LogP contribution is 2.50. The van der Waals surface area contributed by atoms with Crippen molar-refractivity contribution < 1.29 is 4.79 Å². The number of hydrogen-bond donors (Lipinski definition) is 0. The Morgan fingerprint density at radius 1 is 1.00 bits per heavy atom. The van der Waals surface area contributed by atoms with Crippen molar-refractivity contribution in [3.05, 3.63) is 35.5 Å². The molecule has 2 atom stereocenters. The molecule has 1 heteroatoms. The second kappa shape index (κ2) is 10.7. The van der Waals surface area contributed by atoms with Gasteiger partial charge in [-0.15, -0.1) is 0 Å². The summed E-state index contributed by atoms with van der Waals surface area (Å²) in [5.74, 6) is 0.871. The van der Waals surface area contributed by atoms with Gasteiger partial charge in [-0.05, 0) is 69.8 Å². The summed E-state index contributed by atoms with van der Waals surface area (Å²) in [6.07, 6.45) is 18.7. The van der Waals surface area contributed by atoms with Crippen molar-refractivity contribution >= 4 is 5.78 Å². The molecule has 24 heavy (non-hydrogen) atoms. The predicted octanol–water partition coefficient (Wildman–Crippen LogP) is 7.19. The zero-order chi connectivity index (χ0) is 18.0. The maximum Gasteiger partial charge on any atom is 0.165 e. The van der Waals surface area contributed by atoms with Gasteiger partial charge in [0.05, 0.1) is 0 Å². The van der Waals surface area contributed by atoms with Crippen LogP contribution in [0.3, 0.4) is 0 Å². The lowest BCUT2D eigenvalue weighted by Gasteiger charge is -2.31. The summed E-state index contributed by atoms with van der Waals surface area (Å²) in [6, 6.07) is 0. The van der Waals surface area contributed by atoms with E-state index >= 15 is 0 Å². The highest BCUT2D eigenvalue weighted by molar-refractivity contribution is 6.03. The van der Waals surface area contributed by atoms with E-state index in [9.17, 15) is 4.79 Å². The van der Waals surface area contributed by atoms with Gasteiger partial charge < -0.3 is 0 Å². The zero-order valence-corrected chi connectivity index (χ0v) is 16.7. The molecule has 0 amide bonds. The summed E-state index contributed by atoms with van der Waals surface area (Å²) < 4.78 is 0. The summed E-state index contributed by atoms with van der Waals surface area (Å²) in [6.45, 7) is 11.0. The van der Waals surface area contributed by atoms with Crippen LogP contribution in [0.4, 0.5) is 0 Å². The van der Waals surface area contributed by atoms with Gasteiger partial charge >= 0.3 is 0 Å². The van der Waals surface area contributed by atoms with Gasteiger partial charge in [0.1, 0.15) is 0 Å². The Morgan fingerprint density at radius 2 is 1.62 bits per heavy atom. The minimum absolute atomic E-state index is 0.189. The second-order valence-corrected chi connectivity index (χ2v) is 7.44. The molecule has 0 N–H and O–H groups in total. The molecule has 1 rings (SSSR count). The average molecular weight is 331 g/mol. The van der Waals surface area contributed by atoms with E-state index in [4.69, 9.17) is 0 Å². The Labute approximate surface area is 150 Å². The van der Waals surface area contributed by atoms with E-state index < -0.39 is 0 Å². The lowest BCUT2D eigenvalue weighted by Crippen LogP contribution is -2.31. The van der Waals surface area contributed by atoms with Crippen LogP contribution < -0.4 is 0 Å². The molecule has 136 valence electrons. The van der Waals surface area contributed by atoms with Gasteiger partial charge in [-0.3, -0.25) is 4.79 Å². The molecule has 0 radical (unpaired) electrons. The van der Waals surface area contributed by atoms with Crippen LogP contribution in [0, 0.1) is 11.3 Å². The number of hydrogen-bond acceptors (Lipinski definition) is 1. The minimum atomic E-state index is -0.189. The van der Waals surface area contributed by atoms with Crippen molar-refractivity contribution in [3.8, 4) is 0 Å². The van der Waals surface area contributed by atoms with Crippen molar-refractivity contribution in [3.63, 3.8) is 0 Å². The van der Waals surface area contributed by atoms with E-state index in [2.05, 4.69) is 58.9 Å². The van der Waals surface area contributed by atoms with Gasteiger partial charge in [0.25, 0.3) is 0 Å². The number of carbonyl (C=O) groups is 1. The first-order valence-electron chi connectivity index (χ1n) is 10.1. The number of ketones is 1. The predicted molar refractivity (Wildman–Crippen MR) is 106 cm³/mol. The lowest BCUT2D eigenvalue weighted by atomic mass is 9.71. The Balaban J connectivity index is 2.93. The highest BCUT2D eigenvalue weighted by atomic mass is 16.1. The SMILES string of the molecule is CC/C=C\CCC1C(C)=C(CCCC)C(=O)C1(C)CC/C=C\CC. The van der Waals surface area contributed by atoms with Crippen LogP contribution in [0.2, 0.25) is 0 Å². The van der Waals surface area contributed by atoms with E-state index in [0.29, 0.717) is 11.7 Å². The molecule has 0 heterocycles. The fourth-order valence-corrected chi connectivity index (χ4v) is 4.07. The van der Waals surface area contributed by atoms with E-state index in [1.807, 2.05) is 0 Å². The first-order chi connectivity index (χ1) is 11.5. The maximum absolute atomic E-state index is 13.2. The van der Waals surface area contributed by atoms with Gasteiger partial charge in [-0.2, -0.15) is 0 Å². The van der Waals surface area contributed by atoms with Crippen LogP contribution >= 0.6 is 0 Å². The van der Waals surface area contributed by atoms with E-state index in [1.165, 1.54) is 5.57 Å². The molecular weight excluding hydrogens is 292 g/mol. The Kier molecular flexibility index (Phi) is 9.33. The van der Waals surface area contributed by atoms with Crippen LogP contribution in [-0.4, -0.2) is 5.78 Å². The monoisotopic (exact) mass is 330 g/mol. The minimum Gasteiger partial charge on any atom is -0.294 e. The molecular formula is C23H38O. The van der Waals surface area contributed by atoms with Crippen LogP contribution in [0.1, 0.15) is 92.4 Å². The third kappa shape index (κ3) is 5.19.